The topological polar surface area (TPSA) is 139 Å². The van der Waals surface area contributed by atoms with E-state index in [1.807, 2.05) is 0 Å². The monoisotopic (exact) mass is 418 g/mol. The Kier molecular flexibility index (Phi) is 6.37. The van der Waals surface area contributed by atoms with Crippen molar-refractivity contribution in [3.8, 4) is 0 Å². The van der Waals surface area contributed by atoms with Gasteiger partial charge in [0.2, 0.25) is 5.84 Å². The van der Waals surface area contributed by atoms with Crippen molar-refractivity contribution >= 4 is 45.2 Å². The number of amides is 2. The fourth-order valence-corrected chi connectivity index (χ4v) is 2.72. The maximum atomic E-state index is 13.3. The van der Waals surface area contributed by atoms with Crippen LogP contribution in [0.3, 0.4) is 0 Å². The highest BCUT2D eigenvalue weighted by atomic mass is 79.9. The quantitative estimate of drug-likeness (QED) is 0.140. The summed E-state index contributed by atoms with van der Waals surface area (Å²) in [5.41, 5.74) is 5.59. The normalized spacial score (nSPS) is 11.3. The van der Waals surface area contributed by atoms with E-state index in [0.29, 0.717) is 23.0 Å². The Morgan fingerprint density at radius 3 is 2.96 bits per heavy atom. The van der Waals surface area contributed by atoms with Gasteiger partial charge in [0, 0.05) is 18.0 Å². The summed E-state index contributed by atoms with van der Waals surface area (Å²) in [6.45, 7) is 0.316. The lowest BCUT2D eigenvalue weighted by Crippen LogP contribution is -2.31. The Morgan fingerprint density at radius 2 is 2.29 bits per heavy atom. The summed E-state index contributed by atoms with van der Waals surface area (Å²) >= 11 is 4.28. The van der Waals surface area contributed by atoms with E-state index in [4.69, 9.17) is 5.73 Å². The van der Waals surface area contributed by atoms with Crippen LogP contribution in [-0.2, 0) is 0 Å². The van der Waals surface area contributed by atoms with Crippen LogP contribution in [0.15, 0.2) is 37.5 Å². The van der Waals surface area contributed by atoms with E-state index in [0.717, 1.165) is 0 Å². The summed E-state index contributed by atoms with van der Waals surface area (Å²) in [4.78, 5) is 10.6. The Balaban J connectivity index is 2.07. The number of oxime groups is 1. The number of carbonyl (C=O) groups is 1. The molecule has 5 N–H and O–H groups in total. The number of carbonyl (C=O) groups excluding carboxylic acids is 1. The van der Waals surface area contributed by atoms with E-state index in [1.165, 1.54) is 30.0 Å². The third-order valence-electron chi connectivity index (χ3n) is 2.61. The second-order valence-corrected chi connectivity index (χ2v) is 6.20. The van der Waals surface area contributed by atoms with E-state index in [-0.39, 0.29) is 16.0 Å². The van der Waals surface area contributed by atoms with Gasteiger partial charge in [-0.1, -0.05) is 16.9 Å². The number of primary amides is 1. The van der Waals surface area contributed by atoms with Crippen LogP contribution in [0.25, 0.3) is 0 Å². The van der Waals surface area contributed by atoms with Crippen LogP contribution < -0.4 is 16.4 Å². The average molecular weight is 419 g/mol. The lowest BCUT2D eigenvalue weighted by Gasteiger charge is -2.07. The molecule has 0 saturated carbocycles. The van der Waals surface area contributed by atoms with Crippen LogP contribution in [0, 0.1) is 5.82 Å². The van der Waals surface area contributed by atoms with Crippen molar-refractivity contribution in [2.75, 3.05) is 17.6 Å². The summed E-state index contributed by atoms with van der Waals surface area (Å²) in [6, 6.07) is 3.54. The molecule has 2 rings (SSSR count). The molecule has 0 saturated heterocycles. The number of benzene rings is 1. The van der Waals surface area contributed by atoms with E-state index in [2.05, 4.69) is 46.7 Å². The van der Waals surface area contributed by atoms with Crippen molar-refractivity contribution in [1.82, 2.24) is 15.6 Å². The zero-order valence-corrected chi connectivity index (χ0v) is 14.4. The minimum absolute atomic E-state index is 0.0277. The standard InChI is InChI=1S/C12H12BrFN6O3S/c13-7-5-6(1-2-8(7)14)17-10(18-22)9-11(20-23-19-9)24-4-3-16-12(15)21/h1-2,5,22H,3-4H2,(H,17,18)(H3,15,16,21). The van der Waals surface area contributed by atoms with Gasteiger partial charge in [0.1, 0.15) is 5.82 Å². The van der Waals surface area contributed by atoms with Crippen LogP contribution >= 0.6 is 27.7 Å². The first-order chi connectivity index (χ1) is 11.5. The number of anilines is 1. The smallest absolute Gasteiger partial charge is 0.312 e. The Hall–Kier alpha value is -2.34. The molecule has 9 nitrogen and oxygen atoms in total. The first kappa shape index (κ1) is 18.0. The maximum absolute atomic E-state index is 13.3. The van der Waals surface area contributed by atoms with Crippen molar-refractivity contribution in [3.63, 3.8) is 0 Å². The summed E-state index contributed by atoms with van der Waals surface area (Å²) in [6.07, 6.45) is 0. The molecule has 1 heterocycles. The van der Waals surface area contributed by atoms with Crippen LogP contribution in [-0.4, -0.2) is 39.7 Å². The van der Waals surface area contributed by atoms with Gasteiger partial charge in [0.05, 0.1) is 4.47 Å². The molecule has 0 radical (unpaired) electrons. The number of nitrogens with one attached hydrogen (secondary N) is 2. The molecule has 0 aliphatic rings. The molecule has 0 aliphatic heterocycles. The fraction of sp³-hybridized carbons (Fsp3) is 0.167. The molecule has 0 unspecified atom stereocenters. The summed E-state index contributed by atoms with van der Waals surface area (Å²) in [5.74, 6) is -0.00485. The molecule has 24 heavy (non-hydrogen) atoms. The average Bonchev–Trinajstić information content (AvgIpc) is 3.00. The van der Waals surface area contributed by atoms with Crippen LogP contribution in [0.5, 0.6) is 0 Å². The van der Waals surface area contributed by atoms with Crippen molar-refractivity contribution in [2.45, 2.75) is 5.03 Å². The third kappa shape index (κ3) is 4.83. The Morgan fingerprint density at radius 1 is 1.50 bits per heavy atom. The Bertz CT molecular complexity index is 756. The van der Waals surface area contributed by atoms with E-state index in [1.54, 1.807) is 0 Å². The van der Waals surface area contributed by atoms with Gasteiger partial charge in [0.25, 0.3) is 0 Å². The highest BCUT2D eigenvalue weighted by molar-refractivity contribution is 9.10. The lowest BCUT2D eigenvalue weighted by molar-refractivity contribution is 0.249. The number of aromatic nitrogens is 2. The van der Waals surface area contributed by atoms with Gasteiger partial charge in [-0.15, -0.1) is 0 Å². The molecule has 0 fully saturated rings. The molecule has 128 valence electrons. The number of amidine groups is 1. The number of hydrogen-bond donors (Lipinski definition) is 4. The summed E-state index contributed by atoms with van der Waals surface area (Å²) < 4.78 is 18.2. The largest absolute Gasteiger partial charge is 0.409 e. The van der Waals surface area contributed by atoms with Gasteiger partial charge in [-0.05, 0) is 44.4 Å². The molecule has 0 atom stereocenters. The molecular weight excluding hydrogens is 407 g/mol. The zero-order valence-electron chi connectivity index (χ0n) is 12.0. The van der Waals surface area contributed by atoms with Crippen LogP contribution in [0.4, 0.5) is 14.9 Å². The maximum Gasteiger partial charge on any atom is 0.312 e. The first-order valence-corrected chi connectivity index (χ1v) is 8.22. The van der Waals surface area contributed by atoms with E-state index in [9.17, 15) is 14.4 Å². The van der Waals surface area contributed by atoms with Gasteiger partial charge < -0.3 is 21.6 Å². The fourth-order valence-electron chi connectivity index (χ4n) is 1.58. The van der Waals surface area contributed by atoms with Crippen molar-refractivity contribution in [1.29, 1.82) is 0 Å². The van der Waals surface area contributed by atoms with Crippen LogP contribution in [0.1, 0.15) is 5.69 Å². The van der Waals surface area contributed by atoms with E-state index >= 15 is 0 Å². The van der Waals surface area contributed by atoms with Crippen molar-refractivity contribution in [2.24, 2.45) is 10.9 Å². The first-order valence-electron chi connectivity index (χ1n) is 6.44. The highest BCUT2D eigenvalue weighted by Crippen LogP contribution is 2.23. The molecule has 0 aliphatic carbocycles. The molecule has 0 spiro atoms. The molecule has 2 aromatic rings. The second kappa shape index (κ2) is 8.49. The number of rotatable bonds is 6. The minimum atomic E-state index is -0.629. The number of urea groups is 1. The molecular formula is C12H12BrFN6O3S. The lowest BCUT2D eigenvalue weighted by atomic mass is 10.3. The molecule has 1 aromatic heterocycles. The second-order valence-electron chi connectivity index (χ2n) is 4.26. The molecule has 12 heteroatoms. The number of halogens is 2. The Labute approximate surface area is 147 Å². The zero-order chi connectivity index (χ0) is 17.5. The molecule has 1 aromatic carbocycles. The van der Waals surface area contributed by atoms with Gasteiger partial charge in [0.15, 0.2) is 10.7 Å². The minimum Gasteiger partial charge on any atom is -0.409 e. The van der Waals surface area contributed by atoms with Gasteiger partial charge in [-0.25, -0.2) is 13.8 Å². The number of thioether (sulfide) groups is 1. The van der Waals surface area contributed by atoms with Crippen molar-refractivity contribution < 1.29 is 19.0 Å². The number of nitrogens with zero attached hydrogens (tertiary/aromatic N) is 3. The highest BCUT2D eigenvalue weighted by Gasteiger charge is 2.18. The third-order valence-corrected chi connectivity index (χ3v) is 4.16. The summed E-state index contributed by atoms with van der Waals surface area (Å²) in [7, 11) is 0. The van der Waals surface area contributed by atoms with Gasteiger partial charge >= 0.3 is 6.03 Å². The molecule has 0 bridgehead atoms. The summed E-state index contributed by atoms with van der Waals surface area (Å²) in [5, 5.41) is 25.3. The van der Waals surface area contributed by atoms with Gasteiger partial charge in [-0.3, -0.25) is 0 Å². The predicted molar refractivity (Wildman–Crippen MR) is 88.7 cm³/mol. The van der Waals surface area contributed by atoms with Gasteiger partial charge in [-0.2, -0.15) is 0 Å². The number of nitrogens with two attached hydrogens (primary N) is 1. The van der Waals surface area contributed by atoms with E-state index < -0.39 is 11.8 Å². The van der Waals surface area contributed by atoms with Crippen LogP contribution in [0.2, 0.25) is 0 Å². The molecule has 2 amide bonds. The SMILES string of the molecule is NC(=O)NCCSc1nonc1/C(=N/O)Nc1ccc(F)c(Br)c1. The predicted octanol–water partition coefficient (Wildman–Crippen LogP) is 1.98. The number of hydrogen-bond acceptors (Lipinski definition) is 7. The van der Waals surface area contributed by atoms with Crippen molar-refractivity contribution in [3.05, 3.63) is 34.2 Å².